The predicted molar refractivity (Wildman–Crippen MR) is 88.1 cm³/mol. The van der Waals surface area contributed by atoms with Gasteiger partial charge >= 0.3 is 0 Å². The maximum Gasteiger partial charge on any atom is 0.212 e. The molecule has 0 unspecified atom stereocenters. The highest BCUT2D eigenvalue weighted by atomic mass is 35.5. The summed E-state index contributed by atoms with van der Waals surface area (Å²) < 4.78 is 2.20. The van der Waals surface area contributed by atoms with Crippen LogP contribution < -0.4 is 17.0 Å². The molecule has 0 aliphatic heterocycles. The summed E-state index contributed by atoms with van der Waals surface area (Å²) in [7, 11) is 2.11. The largest absolute Gasteiger partial charge is 1.00 e. The van der Waals surface area contributed by atoms with Gasteiger partial charge in [-0.1, -0.05) is 48.5 Å². The number of halogens is 1. The summed E-state index contributed by atoms with van der Waals surface area (Å²) in [6.07, 6.45) is 2.19. The zero-order valence-corrected chi connectivity index (χ0v) is 13.1. The molecular formula is C20H16ClN. The van der Waals surface area contributed by atoms with Crippen molar-refractivity contribution in [3.05, 3.63) is 79.0 Å². The fourth-order valence-corrected chi connectivity index (χ4v) is 3.00. The molecule has 1 aromatic heterocycles. The van der Waals surface area contributed by atoms with E-state index in [2.05, 4.69) is 90.6 Å². The maximum absolute atomic E-state index is 2.30. The first kappa shape index (κ1) is 14.6. The van der Waals surface area contributed by atoms with Crippen molar-refractivity contribution >= 4 is 21.7 Å². The van der Waals surface area contributed by atoms with E-state index in [9.17, 15) is 0 Å². The molecule has 0 atom stereocenters. The molecule has 0 aliphatic carbocycles. The Morgan fingerprint density at radius 3 is 2.23 bits per heavy atom. The Morgan fingerprint density at radius 1 is 0.682 bits per heavy atom. The van der Waals surface area contributed by atoms with Gasteiger partial charge in [0.1, 0.15) is 7.05 Å². The van der Waals surface area contributed by atoms with E-state index >= 15 is 0 Å². The Labute approximate surface area is 136 Å². The average Bonchev–Trinajstić information content (AvgIpc) is 2.55. The minimum Gasteiger partial charge on any atom is -1.00 e. The van der Waals surface area contributed by atoms with Gasteiger partial charge < -0.3 is 12.4 Å². The van der Waals surface area contributed by atoms with Gasteiger partial charge in [0.2, 0.25) is 5.52 Å². The molecule has 0 radical (unpaired) electrons. The molecule has 0 spiro atoms. The van der Waals surface area contributed by atoms with E-state index in [4.69, 9.17) is 0 Å². The van der Waals surface area contributed by atoms with E-state index in [1.807, 2.05) is 0 Å². The highest BCUT2D eigenvalue weighted by molar-refractivity contribution is 6.05. The standard InChI is InChI=1S/C20H16N.ClH/c1-21-14-17-9-5-6-10-18(17)19-13-16(11-12-20(19)21)15-7-3-2-4-8-15;/h2-14H,1H3;1H/q+1;/p-1. The molecule has 1 nitrogen and oxygen atoms in total. The van der Waals surface area contributed by atoms with Crippen molar-refractivity contribution in [1.82, 2.24) is 0 Å². The first-order valence-electron chi connectivity index (χ1n) is 7.19. The number of rotatable bonds is 1. The molecule has 0 amide bonds. The predicted octanol–water partition coefficient (Wildman–Crippen LogP) is 1.49. The van der Waals surface area contributed by atoms with Gasteiger partial charge in [0, 0.05) is 16.8 Å². The average molecular weight is 306 g/mol. The van der Waals surface area contributed by atoms with Crippen LogP contribution in [0.25, 0.3) is 32.8 Å². The maximum atomic E-state index is 2.30. The zero-order chi connectivity index (χ0) is 14.2. The molecule has 4 rings (SSSR count). The minimum atomic E-state index is 0. The monoisotopic (exact) mass is 305 g/mol. The van der Waals surface area contributed by atoms with Gasteiger partial charge in [-0.25, -0.2) is 4.57 Å². The van der Waals surface area contributed by atoms with Gasteiger partial charge in [0.15, 0.2) is 6.20 Å². The molecule has 0 saturated heterocycles. The molecule has 2 heteroatoms. The quantitative estimate of drug-likeness (QED) is 0.371. The number of benzene rings is 3. The van der Waals surface area contributed by atoms with Crippen molar-refractivity contribution in [2.45, 2.75) is 0 Å². The van der Waals surface area contributed by atoms with Crippen molar-refractivity contribution in [1.29, 1.82) is 0 Å². The molecule has 22 heavy (non-hydrogen) atoms. The minimum absolute atomic E-state index is 0. The number of pyridine rings is 1. The number of hydrogen-bond acceptors (Lipinski definition) is 0. The lowest BCUT2D eigenvalue weighted by molar-refractivity contribution is -0.643. The van der Waals surface area contributed by atoms with Crippen LogP contribution in [0.3, 0.4) is 0 Å². The van der Waals surface area contributed by atoms with Gasteiger partial charge in [0.05, 0.1) is 5.39 Å². The van der Waals surface area contributed by atoms with Crippen LogP contribution in [-0.2, 0) is 7.05 Å². The van der Waals surface area contributed by atoms with Crippen molar-refractivity contribution in [2.24, 2.45) is 7.05 Å². The van der Waals surface area contributed by atoms with E-state index < -0.39 is 0 Å². The SMILES string of the molecule is C[n+]1cc2ccccc2c2cc(-c3ccccc3)ccc21.[Cl-]. The summed E-state index contributed by atoms with van der Waals surface area (Å²) in [5.41, 5.74) is 3.78. The molecular weight excluding hydrogens is 290 g/mol. The van der Waals surface area contributed by atoms with Crippen molar-refractivity contribution in [3.8, 4) is 11.1 Å². The second-order valence-electron chi connectivity index (χ2n) is 5.43. The van der Waals surface area contributed by atoms with Crippen molar-refractivity contribution < 1.29 is 17.0 Å². The Morgan fingerprint density at radius 2 is 1.41 bits per heavy atom. The van der Waals surface area contributed by atoms with E-state index in [1.165, 1.54) is 32.8 Å². The number of aryl methyl sites for hydroxylation is 1. The molecule has 0 aliphatic rings. The van der Waals surface area contributed by atoms with Crippen LogP contribution in [0.4, 0.5) is 0 Å². The van der Waals surface area contributed by atoms with Crippen LogP contribution in [-0.4, -0.2) is 0 Å². The van der Waals surface area contributed by atoms with E-state index in [1.54, 1.807) is 0 Å². The molecule has 0 N–H and O–H groups in total. The fourth-order valence-electron chi connectivity index (χ4n) is 3.00. The Bertz CT molecular complexity index is 946. The van der Waals surface area contributed by atoms with Gasteiger partial charge in [-0.05, 0) is 29.3 Å². The van der Waals surface area contributed by atoms with Crippen LogP contribution in [0, 0.1) is 0 Å². The van der Waals surface area contributed by atoms with Gasteiger partial charge in [-0.15, -0.1) is 0 Å². The zero-order valence-electron chi connectivity index (χ0n) is 12.3. The molecule has 0 fully saturated rings. The van der Waals surface area contributed by atoms with Crippen molar-refractivity contribution in [2.75, 3.05) is 0 Å². The number of nitrogens with zero attached hydrogens (tertiary/aromatic N) is 1. The second kappa shape index (κ2) is 5.78. The molecule has 4 aromatic rings. The van der Waals surface area contributed by atoms with E-state index in [0.717, 1.165) is 0 Å². The Balaban J connectivity index is 0.00000144. The fraction of sp³-hybridized carbons (Fsp3) is 0.0500. The van der Waals surface area contributed by atoms with E-state index in [-0.39, 0.29) is 12.4 Å². The number of fused-ring (bicyclic) bond motifs is 3. The topological polar surface area (TPSA) is 3.88 Å². The molecule has 3 aromatic carbocycles. The van der Waals surface area contributed by atoms with Gasteiger partial charge in [-0.3, -0.25) is 0 Å². The van der Waals surface area contributed by atoms with E-state index in [0.29, 0.717) is 0 Å². The Hall–Kier alpha value is -2.38. The highest BCUT2D eigenvalue weighted by Crippen LogP contribution is 2.27. The smallest absolute Gasteiger partial charge is 0.212 e. The normalized spacial score (nSPS) is 10.6. The first-order chi connectivity index (χ1) is 10.3. The van der Waals surface area contributed by atoms with Crippen LogP contribution in [0.15, 0.2) is 79.0 Å². The second-order valence-corrected chi connectivity index (χ2v) is 5.43. The van der Waals surface area contributed by atoms with Crippen LogP contribution >= 0.6 is 0 Å². The van der Waals surface area contributed by atoms with Gasteiger partial charge in [-0.2, -0.15) is 0 Å². The number of hydrogen-bond donors (Lipinski definition) is 0. The van der Waals surface area contributed by atoms with Crippen molar-refractivity contribution in [3.63, 3.8) is 0 Å². The summed E-state index contributed by atoms with van der Waals surface area (Å²) in [4.78, 5) is 0. The molecule has 108 valence electrons. The first-order valence-corrected chi connectivity index (χ1v) is 7.19. The highest BCUT2D eigenvalue weighted by Gasteiger charge is 2.11. The summed E-state index contributed by atoms with van der Waals surface area (Å²) >= 11 is 0. The number of aromatic nitrogens is 1. The summed E-state index contributed by atoms with van der Waals surface area (Å²) in [6, 6.07) is 25.8. The summed E-state index contributed by atoms with van der Waals surface area (Å²) in [5, 5.41) is 3.89. The van der Waals surface area contributed by atoms with Gasteiger partial charge in [0.25, 0.3) is 0 Å². The molecule has 0 saturated carbocycles. The summed E-state index contributed by atoms with van der Waals surface area (Å²) in [5.74, 6) is 0. The molecule has 0 bridgehead atoms. The Kier molecular flexibility index (Phi) is 3.82. The third-order valence-electron chi connectivity index (χ3n) is 4.07. The molecule has 1 heterocycles. The lowest BCUT2D eigenvalue weighted by atomic mass is 10.00. The van der Waals surface area contributed by atoms with Crippen LogP contribution in [0.2, 0.25) is 0 Å². The van der Waals surface area contributed by atoms with Crippen LogP contribution in [0.1, 0.15) is 0 Å². The summed E-state index contributed by atoms with van der Waals surface area (Å²) in [6.45, 7) is 0. The van der Waals surface area contributed by atoms with Crippen LogP contribution in [0.5, 0.6) is 0 Å². The lowest BCUT2D eigenvalue weighted by Gasteiger charge is -2.06. The lowest BCUT2D eigenvalue weighted by Crippen LogP contribution is -3.00. The third-order valence-corrected chi connectivity index (χ3v) is 4.07. The third kappa shape index (κ3) is 2.34.